The van der Waals surface area contributed by atoms with Gasteiger partial charge in [0.15, 0.2) is 0 Å². The van der Waals surface area contributed by atoms with Crippen molar-refractivity contribution in [1.29, 1.82) is 0 Å². The topological polar surface area (TPSA) is 22.1 Å². The highest BCUT2D eigenvalue weighted by molar-refractivity contribution is 9.10. The van der Waals surface area contributed by atoms with Crippen molar-refractivity contribution in [3.05, 3.63) is 57.8 Å². The number of benzene rings is 1. The van der Waals surface area contributed by atoms with Crippen LogP contribution >= 0.6 is 27.5 Å². The number of hydrogen-bond acceptors (Lipinski definition) is 2. The van der Waals surface area contributed by atoms with Crippen molar-refractivity contribution in [3.8, 4) is 5.75 Å². The van der Waals surface area contributed by atoms with Gasteiger partial charge in [-0.25, -0.2) is 4.98 Å². The third-order valence-electron chi connectivity index (χ3n) is 2.02. The van der Waals surface area contributed by atoms with E-state index in [0.717, 1.165) is 5.56 Å². The molecule has 0 aliphatic rings. The number of hydrogen-bond donors (Lipinski definition) is 0. The molecule has 0 radical (unpaired) electrons. The summed E-state index contributed by atoms with van der Waals surface area (Å²) in [4.78, 5) is 4.00. The molecule has 16 heavy (non-hydrogen) atoms. The average molecular weight is 299 g/mol. The molecule has 0 spiro atoms. The van der Waals surface area contributed by atoms with E-state index < -0.39 is 0 Å². The summed E-state index contributed by atoms with van der Waals surface area (Å²) in [5.74, 6) is 0.632. The summed E-state index contributed by atoms with van der Waals surface area (Å²) in [6, 6.07) is 11.7. The SMILES string of the molecule is Clc1cnc(Br)cc1OCc1ccccc1. The lowest BCUT2D eigenvalue weighted by atomic mass is 10.2. The Labute approximate surface area is 107 Å². The number of halogens is 2. The molecule has 2 nitrogen and oxygen atoms in total. The minimum absolute atomic E-state index is 0.497. The van der Waals surface area contributed by atoms with E-state index >= 15 is 0 Å². The second-order valence-corrected chi connectivity index (χ2v) is 4.43. The largest absolute Gasteiger partial charge is 0.487 e. The van der Waals surface area contributed by atoms with Crippen LogP contribution in [0.25, 0.3) is 0 Å². The molecule has 0 N–H and O–H groups in total. The second-order valence-electron chi connectivity index (χ2n) is 3.21. The summed E-state index contributed by atoms with van der Waals surface area (Å²) < 4.78 is 6.31. The van der Waals surface area contributed by atoms with Gasteiger partial charge in [0.25, 0.3) is 0 Å². The molecule has 1 heterocycles. The van der Waals surface area contributed by atoms with Crippen molar-refractivity contribution in [2.24, 2.45) is 0 Å². The molecule has 0 aliphatic carbocycles. The van der Waals surface area contributed by atoms with Crippen molar-refractivity contribution >= 4 is 27.5 Å². The Balaban J connectivity index is 2.08. The normalized spacial score (nSPS) is 10.1. The van der Waals surface area contributed by atoms with Gasteiger partial charge in [-0.05, 0) is 21.5 Å². The summed E-state index contributed by atoms with van der Waals surface area (Å²) in [6.45, 7) is 0.497. The van der Waals surface area contributed by atoms with Gasteiger partial charge in [-0.3, -0.25) is 0 Å². The molecule has 4 heteroatoms. The van der Waals surface area contributed by atoms with Gasteiger partial charge in [0.1, 0.15) is 22.0 Å². The van der Waals surface area contributed by atoms with Crippen molar-refractivity contribution in [3.63, 3.8) is 0 Å². The lowest BCUT2D eigenvalue weighted by molar-refractivity contribution is 0.306. The highest BCUT2D eigenvalue weighted by atomic mass is 79.9. The van der Waals surface area contributed by atoms with E-state index in [1.807, 2.05) is 30.3 Å². The molecule has 82 valence electrons. The Morgan fingerprint density at radius 1 is 1.25 bits per heavy atom. The molecule has 0 atom stereocenters. The molecule has 0 unspecified atom stereocenters. The molecule has 0 saturated heterocycles. The standard InChI is InChI=1S/C12H9BrClNO/c13-12-6-11(10(14)7-15-12)16-8-9-4-2-1-3-5-9/h1-7H,8H2. The Bertz CT molecular complexity index is 476. The third-order valence-corrected chi connectivity index (χ3v) is 2.74. The molecular formula is C12H9BrClNO. The van der Waals surface area contributed by atoms with E-state index in [2.05, 4.69) is 20.9 Å². The number of pyridine rings is 1. The summed E-state index contributed by atoms with van der Waals surface area (Å²) in [5.41, 5.74) is 1.10. The number of aromatic nitrogens is 1. The first-order valence-corrected chi connectivity index (χ1v) is 5.90. The van der Waals surface area contributed by atoms with Crippen molar-refractivity contribution in [1.82, 2.24) is 4.98 Å². The molecule has 0 saturated carbocycles. The van der Waals surface area contributed by atoms with E-state index in [1.165, 1.54) is 0 Å². The first-order chi connectivity index (χ1) is 7.75. The molecular weight excluding hydrogens is 289 g/mol. The van der Waals surface area contributed by atoms with Crippen LogP contribution in [0.1, 0.15) is 5.56 Å². The fourth-order valence-corrected chi connectivity index (χ4v) is 1.71. The van der Waals surface area contributed by atoms with Gasteiger partial charge in [-0.2, -0.15) is 0 Å². The first-order valence-electron chi connectivity index (χ1n) is 4.73. The van der Waals surface area contributed by atoms with E-state index in [-0.39, 0.29) is 0 Å². The second kappa shape index (κ2) is 5.32. The monoisotopic (exact) mass is 297 g/mol. The predicted molar refractivity (Wildman–Crippen MR) is 67.7 cm³/mol. The Kier molecular flexibility index (Phi) is 3.80. The van der Waals surface area contributed by atoms with Gasteiger partial charge >= 0.3 is 0 Å². The molecule has 2 rings (SSSR count). The molecule has 0 amide bonds. The van der Waals surface area contributed by atoms with Gasteiger partial charge in [-0.15, -0.1) is 0 Å². The zero-order valence-electron chi connectivity index (χ0n) is 8.36. The van der Waals surface area contributed by atoms with Crippen LogP contribution in [0.4, 0.5) is 0 Å². The quantitative estimate of drug-likeness (QED) is 0.797. The molecule has 0 aliphatic heterocycles. The highest BCUT2D eigenvalue weighted by Crippen LogP contribution is 2.26. The van der Waals surface area contributed by atoms with Crippen LogP contribution < -0.4 is 4.74 Å². The fourth-order valence-electron chi connectivity index (χ4n) is 1.24. The molecule has 1 aromatic carbocycles. The molecule has 0 fully saturated rings. The van der Waals surface area contributed by atoms with E-state index in [4.69, 9.17) is 16.3 Å². The van der Waals surface area contributed by atoms with Gasteiger partial charge < -0.3 is 4.74 Å². The van der Waals surface area contributed by atoms with Crippen molar-refractivity contribution in [2.45, 2.75) is 6.61 Å². The predicted octanol–water partition coefficient (Wildman–Crippen LogP) is 4.08. The lowest BCUT2D eigenvalue weighted by Gasteiger charge is -2.07. The lowest BCUT2D eigenvalue weighted by Crippen LogP contribution is -1.96. The van der Waals surface area contributed by atoms with E-state index in [1.54, 1.807) is 12.3 Å². The minimum Gasteiger partial charge on any atom is -0.487 e. The number of ether oxygens (including phenoxy) is 1. The van der Waals surface area contributed by atoms with Gasteiger partial charge in [-0.1, -0.05) is 41.9 Å². The summed E-state index contributed by atoms with van der Waals surface area (Å²) >= 11 is 9.23. The zero-order valence-corrected chi connectivity index (χ0v) is 10.7. The van der Waals surface area contributed by atoms with Crippen LogP contribution in [0.3, 0.4) is 0 Å². The number of nitrogens with zero attached hydrogens (tertiary/aromatic N) is 1. The highest BCUT2D eigenvalue weighted by Gasteiger charge is 2.03. The first kappa shape index (κ1) is 11.4. The van der Waals surface area contributed by atoms with E-state index in [9.17, 15) is 0 Å². The van der Waals surface area contributed by atoms with Crippen LogP contribution in [0.2, 0.25) is 5.02 Å². The van der Waals surface area contributed by atoms with Crippen LogP contribution in [0.15, 0.2) is 47.2 Å². The maximum atomic E-state index is 5.95. The summed E-state index contributed by atoms with van der Waals surface area (Å²) in [5, 5.41) is 0.513. The van der Waals surface area contributed by atoms with E-state index in [0.29, 0.717) is 22.0 Å². The molecule has 2 aromatic rings. The Hall–Kier alpha value is -1.06. The van der Waals surface area contributed by atoms with Gasteiger partial charge in [0, 0.05) is 6.07 Å². The van der Waals surface area contributed by atoms with Gasteiger partial charge in [0.05, 0.1) is 6.20 Å². The number of rotatable bonds is 3. The molecule has 0 bridgehead atoms. The fraction of sp³-hybridized carbons (Fsp3) is 0.0833. The van der Waals surface area contributed by atoms with Crippen LogP contribution in [0, 0.1) is 0 Å². The Morgan fingerprint density at radius 2 is 2.00 bits per heavy atom. The van der Waals surface area contributed by atoms with Crippen molar-refractivity contribution in [2.75, 3.05) is 0 Å². The van der Waals surface area contributed by atoms with Crippen molar-refractivity contribution < 1.29 is 4.74 Å². The summed E-state index contributed by atoms with van der Waals surface area (Å²) in [6.07, 6.45) is 1.56. The molecule has 1 aromatic heterocycles. The minimum atomic E-state index is 0.497. The van der Waals surface area contributed by atoms with Crippen LogP contribution in [0.5, 0.6) is 5.75 Å². The maximum absolute atomic E-state index is 5.95. The smallest absolute Gasteiger partial charge is 0.142 e. The zero-order chi connectivity index (χ0) is 11.4. The third kappa shape index (κ3) is 2.97. The van der Waals surface area contributed by atoms with Crippen LogP contribution in [-0.4, -0.2) is 4.98 Å². The van der Waals surface area contributed by atoms with Gasteiger partial charge in [0.2, 0.25) is 0 Å². The van der Waals surface area contributed by atoms with Crippen LogP contribution in [-0.2, 0) is 6.61 Å². The average Bonchev–Trinajstić information content (AvgIpc) is 2.32. The maximum Gasteiger partial charge on any atom is 0.142 e. The Morgan fingerprint density at radius 3 is 2.75 bits per heavy atom. The summed E-state index contributed by atoms with van der Waals surface area (Å²) in [7, 11) is 0.